The predicted octanol–water partition coefficient (Wildman–Crippen LogP) is 3.98. The molecule has 9 heteroatoms. The van der Waals surface area contributed by atoms with Gasteiger partial charge in [0, 0.05) is 73.2 Å². The number of morpholine rings is 1. The molecule has 38 heavy (non-hydrogen) atoms. The van der Waals surface area contributed by atoms with Crippen LogP contribution < -0.4 is 15.8 Å². The number of hydrogen-bond acceptors (Lipinski definition) is 7. The van der Waals surface area contributed by atoms with E-state index in [1.54, 1.807) is 0 Å². The summed E-state index contributed by atoms with van der Waals surface area (Å²) < 4.78 is 11.5. The topological polar surface area (TPSA) is 117 Å². The fourth-order valence-electron chi connectivity index (χ4n) is 5.02. The van der Waals surface area contributed by atoms with Gasteiger partial charge in [-0.25, -0.2) is 4.98 Å². The number of hydrogen-bond donors (Lipinski definition) is 4. The molecular formula is C29H33N7O2. The lowest BCUT2D eigenvalue weighted by molar-refractivity contribution is 0.0322. The summed E-state index contributed by atoms with van der Waals surface area (Å²) in [4.78, 5) is 17.7. The molecule has 196 valence electrons. The number of nitrogens with zero attached hydrogens (tertiary/aromatic N) is 3. The normalized spacial score (nSPS) is 14.3. The van der Waals surface area contributed by atoms with Gasteiger partial charge in [0.15, 0.2) is 0 Å². The van der Waals surface area contributed by atoms with Crippen LogP contribution in [0.1, 0.15) is 16.7 Å². The molecule has 1 aliphatic heterocycles. The second-order valence-corrected chi connectivity index (χ2v) is 9.68. The van der Waals surface area contributed by atoms with Crippen molar-refractivity contribution in [3.63, 3.8) is 0 Å². The van der Waals surface area contributed by atoms with E-state index in [4.69, 9.17) is 15.2 Å². The van der Waals surface area contributed by atoms with Crippen LogP contribution in [0.3, 0.4) is 0 Å². The molecule has 6 rings (SSSR count). The summed E-state index contributed by atoms with van der Waals surface area (Å²) in [5.41, 5.74) is 11.6. The third-order valence-electron chi connectivity index (χ3n) is 7.10. The molecule has 1 aliphatic rings. The highest BCUT2D eigenvalue weighted by molar-refractivity contribution is 5.84. The predicted molar refractivity (Wildman–Crippen MR) is 151 cm³/mol. The van der Waals surface area contributed by atoms with Crippen molar-refractivity contribution >= 4 is 33.6 Å². The van der Waals surface area contributed by atoms with Gasteiger partial charge < -0.3 is 30.5 Å². The highest BCUT2D eigenvalue weighted by Crippen LogP contribution is 2.25. The Balaban J connectivity index is 1.09. The Morgan fingerprint density at radius 1 is 1.03 bits per heavy atom. The SMILES string of the molecule is Nc1ncc(Cc2ccc3[nH]ccc3c2)c(NCCc2c[nH]c3ccc(OCCN4CCOCC4)cc23)n1. The van der Waals surface area contributed by atoms with Crippen molar-refractivity contribution in [2.24, 2.45) is 0 Å². The Hall–Kier alpha value is -4.08. The van der Waals surface area contributed by atoms with Gasteiger partial charge >= 0.3 is 0 Å². The lowest BCUT2D eigenvalue weighted by Gasteiger charge is -2.26. The van der Waals surface area contributed by atoms with Crippen molar-refractivity contribution in [2.45, 2.75) is 12.8 Å². The fourth-order valence-corrected chi connectivity index (χ4v) is 5.02. The first-order chi connectivity index (χ1) is 18.7. The first kappa shape index (κ1) is 24.3. The maximum atomic E-state index is 6.08. The number of aromatic nitrogens is 4. The van der Waals surface area contributed by atoms with E-state index >= 15 is 0 Å². The van der Waals surface area contributed by atoms with Crippen molar-refractivity contribution in [1.29, 1.82) is 0 Å². The molecule has 5 N–H and O–H groups in total. The van der Waals surface area contributed by atoms with Crippen LogP contribution in [0.2, 0.25) is 0 Å². The summed E-state index contributed by atoms with van der Waals surface area (Å²) in [6.45, 7) is 5.85. The lowest BCUT2D eigenvalue weighted by Crippen LogP contribution is -2.38. The van der Waals surface area contributed by atoms with E-state index in [-0.39, 0.29) is 5.95 Å². The van der Waals surface area contributed by atoms with Gasteiger partial charge in [0.05, 0.1) is 13.2 Å². The number of aromatic amines is 2. The summed E-state index contributed by atoms with van der Waals surface area (Å²) in [6.07, 6.45) is 7.40. The van der Waals surface area contributed by atoms with Gasteiger partial charge in [-0.05, 0) is 59.3 Å². The van der Waals surface area contributed by atoms with Crippen molar-refractivity contribution in [2.75, 3.05) is 57.1 Å². The number of rotatable bonds is 10. The zero-order valence-corrected chi connectivity index (χ0v) is 21.4. The Kier molecular flexibility index (Phi) is 7.10. The second-order valence-electron chi connectivity index (χ2n) is 9.68. The number of nitrogens with two attached hydrogens (primary N) is 1. The molecular weight excluding hydrogens is 478 g/mol. The minimum absolute atomic E-state index is 0.267. The third-order valence-corrected chi connectivity index (χ3v) is 7.10. The third kappa shape index (κ3) is 5.58. The Labute approximate surface area is 221 Å². The summed E-state index contributed by atoms with van der Waals surface area (Å²) in [5.74, 6) is 1.94. The molecule has 5 aromatic rings. The maximum Gasteiger partial charge on any atom is 0.221 e. The molecule has 0 unspecified atom stereocenters. The number of nitrogens with one attached hydrogen (secondary N) is 3. The number of ether oxygens (including phenoxy) is 2. The van der Waals surface area contributed by atoms with E-state index < -0.39 is 0 Å². The largest absolute Gasteiger partial charge is 0.492 e. The smallest absolute Gasteiger partial charge is 0.221 e. The fraction of sp³-hybridized carbons (Fsp3) is 0.310. The van der Waals surface area contributed by atoms with Crippen LogP contribution in [0.25, 0.3) is 21.8 Å². The van der Waals surface area contributed by atoms with Gasteiger partial charge in [-0.3, -0.25) is 4.90 Å². The molecule has 0 radical (unpaired) electrons. The first-order valence-electron chi connectivity index (χ1n) is 13.2. The molecule has 0 amide bonds. The molecule has 2 aromatic carbocycles. The average molecular weight is 512 g/mol. The summed E-state index contributed by atoms with van der Waals surface area (Å²) in [7, 11) is 0. The monoisotopic (exact) mass is 511 g/mol. The maximum absolute atomic E-state index is 6.08. The molecule has 3 aromatic heterocycles. The molecule has 0 spiro atoms. The van der Waals surface area contributed by atoms with Gasteiger partial charge in [0.1, 0.15) is 18.2 Å². The number of H-pyrrole nitrogens is 2. The number of nitrogen functional groups attached to an aromatic ring is 1. The summed E-state index contributed by atoms with van der Waals surface area (Å²) in [5, 5.41) is 5.87. The van der Waals surface area contributed by atoms with Crippen LogP contribution in [0, 0.1) is 0 Å². The Bertz CT molecular complexity index is 1520. The second kappa shape index (κ2) is 11.1. The van der Waals surface area contributed by atoms with Crippen LogP contribution in [0.15, 0.2) is 61.1 Å². The van der Waals surface area contributed by atoms with Crippen LogP contribution in [-0.2, 0) is 17.6 Å². The van der Waals surface area contributed by atoms with E-state index in [9.17, 15) is 0 Å². The van der Waals surface area contributed by atoms with Crippen molar-refractivity contribution in [1.82, 2.24) is 24.8 Å². The van der Waals surface area contributed by atoms with Gasteiger partial charge in [-0.15, -0.1) is 0 Å². The molecule has 0 aliphatic carbocycles. The van der Waals surface area contributed by atoms with E-state index in [0.717, 1.165) is 80.4 Å². The number of fused-ring (bicyclic) bond motifs is 2. The van der Waals surface area contributed by atoms with E-state index in [2.05, 4.69) is 72.7 Å². The van der Waals surface area contributed by atoms with Crippen LogP contribution in [0.4, 0.5) is 11.8 Å². The van der Waals surface area contributed by atoms with Gasteiger partial charge in [-0.2, -0.15) is 4.98 Å². The molecule has 1 fully saturated rings. The summed E-state index contributed by atoms with van der Waals surface area (Å²) in [6, 6.07) is 14.8. The molecule has 4 heterocycles. The van der Waals surface area contributed by atoms with Crippen molar-refractivity contribution in [3.05, 3.63) is 77.7 Å². The van der Waals surface area contributed by atoms with Gasteiger partial charge in [-0.1, -0.05) is 6.07 Å². The zero-order valence-electron chi connectivity index (χ0n) is 21.4. The minimum atomic E-state index is 0.267. The molecule has 0 atom stereocenters. The average Bonchev–Trinajstić information content (AvgIpc) is 3.57. The summed E-state index contributed by atoms with van der Waals surface area (Å²) >= 11 is 0. The highest BCUT2D eigenvalue weighted by Gasteiger charge is 2.12. The quantitative estimate of drug-likeness (QED) is 0.224. The van der Waals surface area contributed by atoms with Crippen LogP contribution >= 0.6 is 0 Å². The standard InChI is InChI=1S/C29H33N7O2/c30-29-34-19-23(16-20-1-3-26-21(15-20)5-7-31-26)28(35-29)32-8-6-22-18-33-27-4-2-24(17-25(22)27)38-14-11-36-9-12-37-13-10-36/h1-5,7,15,17-19,31,33H,6,8-14,16H2,(H3,30,32,34,35). The number of benzene rings is 2. The van der Waals surface area contributed by atoms with Crippen molar-refractivity contribution < 1.29 is 9.47 Å². The van der Waals surface area contributed by atoms with Crippen LogP contribution in [-0.4, -0.2) is 70.8 Å². The van der Waals surface area contributed by atoms with Gasteiger partial charge in [0.25, 0.3) is 0 Å². The molecule has 1 saturated heterocycles. The van der Waals surface area contributed by atoms with Gasteiger partial charge in [0.2, 0.25) is 5.95 Å². The molecule has 0 bridgehead atoms. The van der Waals surface area contributed by atoms with Crippen LogP contribution in [0.5, 0.6) is 5.75 Å². The van der Waals surface area contributed by atoms with E-state index in [1.165, 1.54) is 21.9 Å². The van der Waals surface area contributed by atoms with Crippen molar-refractivity contribution in [3.8, 4) is 5.75 Å². The Morgan fingerprint density at radius 3 is 2.84 bits per heavy atom. The number of anilines is 2. The van der Waals surface area contributed by atoms with E-state index in [0.29, 0.717) is 6.61 Å². The molecule has 0 saturated carbocycles. The Morgan fingerprint density at radius 2 is 1.92 bits per heavy atom. The highest BCUT2D eigenvalue weighted by atomic mass is 16.5. The van der Waals surface area contributed by atoms with E-state index in [1.807, 2.05) is 18.5 Å². The first-order valence-corrected chi connectivity index (χ1v) is 13.2. The lowest BCUT2D eigenvalue weighted by atomic mass is 10.0. The minimum Gasteiger partial charge on any atom is -0.492 e. The zero-order chi connectivity index (χ0) is 25.7. The molecule has 9 nitrogen and oxygen atoms in total.